The zero-order valence-electron chi connectivity index (χ0n) is 13.6. The van der Waals surface area contributed by atoms with Crippen LogP contribution in [-0.4, -0.2) is 38.9 Å². The molecule has 1 aliphatic heterocycles. The first kappa shape index (κ1) is 14.9. The van der Waals surface area contributed by atoms with Gasteiger partial charge in [0.25, 0.3) is 0 Å². The molecule has 0 aliphatic carbocycles. The second kappa shape index (κ2) is 6.45. The fourth-order valence-corrected chi connectivity index (χ4v) is 2.89. The lowest BCUT2D eigenvalue weighted by Gasteiger charge is -2.24. The Morgan fingerprint density at radius 1 is 1.25 bits per heavy atom. The number of rotatable bonds is 4. The van der Waals surface area contributed by atoms with Gasteiger partial charge in [0.05, 0.1) is 11.9 Å². The lowest BCUT2D eigenvalue weighted by atomic mass is 10.1. The van der Waals surface area contributed by atoms with Crippen molar-refractivity contribution in [2.75, 3.05) is 18.4 Å². The maximum Gasteiger partial charge on any atom is 0.227 e. The number of hydrogen-bond donors (Lipinski definition) is 2. The van der Waals surface area contributed by atoms with Gasteiger partial charge in [-0.2, -0.15) is 5.10 Å². The summed E-state index contributed by atoms with van der Waals surface area (Å²) in [6, 6.07) is 5.96. The molecule has 24 heavy (non-hydrogen) atoms. The van der Waals surface area contributed by atoms with E-state index in [1.807, 2.05) is 37.6 Å². The van der Waals surface area contributed by atoms with E-state index < -0.39 is 0 Å². The molecule has 1 aromatic carbocycles. The van der Waals surface area contributed by atoms with Crippen LogP contribution in [0.15, 0.2) is 36.8 Å². The summed E-state index contributed by atoms with van der Waals surface area (Å²) >= 11 is 0. The molecule has 2 aromatic heterocycles. The Bertz CT molecular complexity index is 840. The van der Waals surface area contributed by atoms with Crippen molar-refractivity contribution in [1.29, 1.82) is 0 Å². The molecule has 0 spiro atoms. The lowest BCUT2D eigenvalue weighted by molar-refractivity contribution is 0.164. The van der Waals surface area contributed by atoms with Crippen LogP contribution in [0.2, 0.25) is 0 Å². The van der Waals surface area contributed by atoms with E-state index >= 15 is 0 Å². The smallest absolute Gasteiger partial charge is 0.227 e. The Kier molecular flexibility index (Phi) is 4.00. The number of anilines is 2. The van der Waals surface area contributed by atoms with E-state index in [4.69, 9.17) is 4.74 Å². The minimum absolute atomic E-state index is 0.238. The number of ether oxygens (including phenoxy) is 1. The Labute approximate surface area is 140 Å². The predicted molar refractivity (Wildman–Crippen MR) is 92.5 cm³/mol. The summed E-state index contributed by atoms with van der Waals surface area (Å²) in [6.07, 6.45) is 7.71. The summed E-state index contributed by atoms with van der Waals surface area (Å²) in [5.74, 6) is 1.35. The van der Waals surface area contributed by atoms with Gasteiger partial charge in [-0.1, -0.05) is 12.1 Å². The number of nitrogens with zero attached hydrogens (tertiary/aromatic N) is 4. The first-order chi connectivity index (χ1) is 11.8. The van der Waals surface area contributed by atoms with Crippen LogP contribution in [0.5, 0.6) is 5.75 Å². The van der Waals surface area contributed by atoms with Crippen LogP contribution in [0.3, 0.4) is 0 Å². The molecule has 0 radical (unpaired) electrons. The van der Waals surface area contributed by atoms with Crippen molar-refractivity contribution in [2.45, 2.75) is 18.9 Å². The number of para-hydroxylation sites is 1. The molecular weight excluding hydrogens is 304 g/mol. The SMILES string of the molecule is Cn1cc(Nc2ncc3cccc(OC4CCNCC4)c3n2)cn1. The van der Waals surface area contributed by atoms with E-state index in [0.717, 1.165) is 48.3 Å². The maximum atomic E-state index is 6.20. The maximum absolute atomic E-state index is 6.20. The molecule has 0 saturated carbocycles. The highest BCUT2D eigenvalue weighted by Crippen LogP contribution is 2.27. The van der Waals surface area contributed by atoms with E-state index in [1.165, 1.54) is 0 Å². The summed E-state index contributed by atoms with van der Waals surface area (Å²) in [4.78, 5) is 9.02. The van der Waals surface area contributed by atoms with Gasteiger partial charge < -0.3 is 15.4 Å². The highest BCUT2D eigenvalue weighted by atomic mass is 16.5. The summed E-state index contributed by atoms with van der Waals surface area (Å²) in [5, 5.41) is 11.6. The third-order valence-corrected chi connectivity index (χ3v) is 4.11. The average Bonchev–Trinajstić information content (AvgIpc) is 3.01. The second-order valence-corrected chi connectivity index (χ2v) is 5.98. The summed E-state index contributed by atoms with van der Waals surface area (Å²) in [6.45, 7) is 2.00. The zero-order chi connectivity index (χ0) is 16.4. The van der Waals surface area contributed by atoms with Crippen LogP contribution in [0, 0.1) is 0 Å². The molecule has 7 nitrogen and oxygen atoms in total. The van der Waals surface area contributed by atoms with Gasteiger partial charge in [0, 0.05) is 24.8 Å². The molecule has 3 heterocycles. The van der Waals surface area contributed by atoms with Gasteiger partial charge in [0.15, 0.2) is 0 Å². The minimum Gasteiger partial charge on any atom is -0.488 e. The quantitative estimate of drug-likeness (QED) is 0.766. The third-order valence-electron chi connectivity index (χ3n) is 4.11. The average molecular weight is 324 g/mol. The molecule has 0 atom stereocenters. The highest BCUT2D eigenvalue weighted by Gasteiger charge is 2.16. The second-order valence-electron chi connectivity index (χ2n) is 5.98. The standard InChI is InChI=1S/C17H20N6O/c1-23-11-13(10-20-23)21-17-19-9-12-3-2-4-15(16(12)22-17)24-14-5-7-18-8-6-14/h2-4,9-11,14,18H,5-8H2,1H3,(H,19,21,22). The molecule has 1 saturated heterocycles. The van der Waals surface area contributed by atoms with Crippen LogP contribution in [-0.2, 0) is 7.05 Å². The Balaban J connectivity index is 1.62. The number of hydrogen-bond acceptors (Lipinski definition) is 6. The van der Waals surface area contributed by atoms with Crippen molar-refractivity contribution in [1.82, 2.24) is 25.1 Å². The van der Waals surface area contributed by atoms with Gasteiger partial charge in [0.1, 0.15) is 17.4 Å². The van der Waals surface area contributed by atoms with Gasteiger partial charge in [-0.15, -0.1) is 0 Å². The van der Waals surface area contributed by atoms with Crippen molar-refractivity contribution in [3.05, 3.63) is 36.8 Å². The number of piperidine rings is 1. The predicted octanol–water partition coefficient (Wildman–Crippen LogP) is 2.24. The van der Waals surface area contributed by atoms with E-state index in [1.54, 1.807) is 10.9 Å². The van der Waals surface area contributed by atoms with Gasteiger partial charge in [-0.05, 0) is 32.0 Å². The number of benzene rings is 1. The van der Waals surface area contributed by atoms with Crippen LogP contribution >= 0.6 is 0 Å². The summed E-state index contributed by atoms with van der Waals surface area (Å²) in [7, 11) is 1.87. The van der Waals surface area contributed by atoms with Crippen molar-refractivity contribution in [3.63, 3.8) is 0 Å². The molecule has 2 N–H and O–H groups in total. The van der Waals surface area contributed by atoms with Crippen LogP contribution in [0.1, 0.15) is 12.8 Å². The molecular formula is C17H20N6O. The normalized spacial score (nSPS) is 15.5. The molecule has 7 heteroatoms. The van der Waals surface area contributed by atoms with Crippen molar-refractivity contribution in [3.8, 4) is 5.75 Å². The summed E-state index contributed by atoms with van der Waals surface area (Å²) in [5.41, 5.74) is 1.69. The fourth-order valence-electron chi connectivity index (χ4n) is 2.89. The Morgan fingerprint density at radius 3 is 2.92 bits per heavy atom. The number of aromatic nitrogens is 4. The summed E-state index contributed by atoms with van der Waals surface area (Å²) < 4.78 is 7.93. The fraction of sp³-hybridized carbons (Fsp3) is 0.353. The van der Waals surface area contributed by atoms with Crippen LogP contribution in [0.25, 0.3) is 10.9 Å². The molecule has 4 rings (SSSR count). The molecule has 1 fully saturated rings. The van der Waals surface area contributed by atoms with Gasteiger partial charge in [0.2, 0.25) is 5.95 Å². The molecule has 124 valence electrons. The Hall–Kier alpha value is -2.67. The van der Waals surface area contributed by atoms with Crippen molar-refractivity contribution < 1.29 is 4.74 Å². The van der Waals surface area contributed by atoms with Gasteiger partial charge >= 0.3 is 0 Å². The molecule has 1 aliphatic rings. The van der Waals surface area contributed by atoms with E-state index in [2.05, 4.69) is 25.7 Å². The first-order valence-electron chi connectivity index (χ1n) is 8.17. The number of nitrogens with one attached hydrogen (secondary N) is 2. The largest absolute Gasteiger partial charge is 0.488 e. The molecule has 0 amide bonds. The van der Waals surface area contributed by atoms with E-state index in [-0.39, 0.29) is 6.10 Å². The molecule has 3 aromatic rings. The van der Waals surface area contributed by atoms with Crippen molar-refractivity contribution in [2.24, 2.45) is 7.05 Å². The lowest BCUT2D eigenvalue weighted by Crippen LogP contribution is -2.34. The number of fused-ring (bicyclic) bond motifs is 1. The number of aryl methyl sites for hydroxylation is 1. The highest BCUT2D eigenvalue weighted by molar-refractivity contribution is 5.84. The first-order valence-corrected chi connectivity index (χ1v) is 8.17. The van der Waals surface area contributed by atoms with Crippen molar-refractivity contribution >= 4 is 22.5 Å². The third kappa shape index (κ3) is 3.16. The van der Waals surface area contributed by atoms with Gasteiger partial charge in [-0.25, -0.2) is 9.97 Å². The molecule has 0 unspecified atom stereocenters. The minimum atomic E-state index is 0.238. The van der Waals surface area contributed by atoms with E-state index in [9.17, 15) is 0 Å². The Morgan fingerprint density at radius 2 is 2.12 bits per heavy atom. The van der Waals surface area contributed by atoms with Crippen LogP contribution < -0.4 is 15.4 Å². The molecule has 0 bridgehead atoms. The monoisotopic (exact) mass is 324 g/mol. The van der Waals surface area contributed by atoms with Gasteiger partial charge in [-0.3, -0.25) is 4.68 Å². The zero-order valence-corrected chi connectivity index (χ0v) is 13.6. The topological polar surface area (TPSA) is 76.9 Å². The van der Waals surface area contributed by atoms with E-state index in [0.29, 0.717) is 5.95 Å². The van der Waals surface area contributed by atoms with Crippen LogP contribution in [0.4, 0.5) is 11.6 Å².